The molecule has 3 aromatic rings. The van der Waals surface area contributed by atoms with Gasteiger partial charge in [0, 0.05) is 10.6 Å². The SMILES string of the molecule is Cc1ccc(CN2C(=O)/C(=C3/SC(=S)N(Cc4ccccc4Cl)C3=O)c3ccccc32)cc1. The van der Waals surface area contributed by atoms with E-state index in [1.54, 1.807) is 11.0 Å². The Labute approximate surface area is 206 Å². The first-order valence-electron chi connectivity index (χ1n) is 10.4. The van der Waals surface area contributed by atoms with Crippen molar-refractivity contribution in [2.75, 3.05) is 4.90 Å². The predicted octanol–water partition coefficient (Wildman–Crippen LogP) is 5.97. The lowest BCUT2D eigenvalue weighted by Gasteiger charge is -2.17. The van der Waals surface area contributed by atoms with Gasteiger partial charge in [0.2, 0.25) is 0 Å². The molecule has 0 aromatic heterocycles. The maximum atomic E-state index is 13.6. The van der Waals surface area contributed by atoms with Gasteiger partial charge in [-0.25, -0.2) is 0 Å². The maximum Gasteiger partial charge on any atom is 0.267 e. The molecule has 0 N–H and O–H groups in total. The molecule has 0 unspecified atom stereocenters. The van der Waals surface area contributed by atoms with Crippen molar-refractivity contribution < 1.29 is 9.59 Å². The lowest BCUT2D eigenvalue weighted by Crippen LogP contribution is -2.29. The molecule has 2 aliphatic heterocycles. The molecule has 0 atom stereocenters. The van der Waals surface area contributed by atoms with Gasteiger partial charge in [-0.2, -0.15) is 0 Å². The minimum absolute atomic E-state index is 0.185. The number of para-hydroxylation sites is 1. The van der Waals surface area contributed by atoms with E-state index in [1.165, 1.54) is 16.7 Å². The number of nitrogens with zero attached hydrogens (tertiary/aromatic N) is 2. The summed E-state index contributed by atoms with van der Waals surface area (Å²) in [6.07, 6.45) is 0. The molecular formula is C26H19ClN2O2S2. The molecule has 0 radical (unpaired) electrons. The van der Waals surface area contributed by atoms with Crippen molar-refractivity contribution in [2.24, 2.45) is 0 Å². The van der Waals surface area contributed by atoms with Crippen LogP contribution in [0, 0.1) is 6.92 Å². The van der Waals surface area contributed by atoms with Gasteiger partial charge in [-0.1, -0.05) is 102 Å². The van der Waals surface area contributed by atoms with Crippen molar-refractivity contribution in [1.29, 1.82) is 0 Å². The van der Waals surface area contributed by atoms with Crippen LogP contribution in [0.25, 0.3) is 5.57 Å². The van der Waals surface area contributed by atoms with Crippen molar-refractivity contribution in [2.45, 2.75) is 20.0 Å². The second kappa shape index (κ2) is 8.78. The van der Waals surface area contributed by atoms with Gasteiger partial charge in [0.25, 0.3) is 11.8 Å². The molecule has 164 valence electrons. The highest BCUT2D eigenvalue weighted by Gasteiger charge is 2.42. The Bertz CT molecular complexity index is 1330. The first-order valence-corrected chi connectivity index (χ1v) is 12.0. The summed E-state index contributed by atoms with van der Waals surface area (Å²) in [5.41, 5.74) is 4.96. The molecule has 33 heavy (non-hydrogen) atoms. The lowest BCUT2D eigenvalue weighted by molar-refractivity contribution is -0.122. The molecule has 0 aliphatic carbocycles. The minimum Gasteiger partial charge on any atom is -0.303 e. The molecule has 2 aliphatic rings. The van der Waals surface area contributed by atoms with Gasteiger partial charge in [0.1, 0.15) is 4.32 Å². The zero-order chi connectivity index (χ0) is 23.1. The predicted molar refractivity (Wildman–Crippen MR) is 138 cm³/mol. The second-order valence-electron chi connectivity index (χ2n) is 7.95. The summed E-state index contributed by atoms with van der Waals surface area (Å²) in [5.74, 6) is -0.449. The summed E-state index contributed by atoms with van der Waals surface area (Å²) in [4.78, 5) is 30.7. The fourth-order valence-corrected chi connectivity index (χ4v) is 5.54. The number of halogens is 1. The summed E-state index contributed by atoms with van der Waals surface area (Å²) >= 11 is 13.0. The van der Waals surface area contributed by atoms with Crippen molar-refractivity contribution in [3.05, 3.63) is 105 Å². The number of carbonyl (C=O) groups excluding carboxylic acids is 2. The summed E-state index contributed by atoms with van der Waals surface area (Å²) in [5, 5.41) is 0.575. The Morgan fingerprint density at radius 1 is 0.848 bits per heavy atom. The highest BCUT2D eigenvalue weighted by Crippen LogP contribution is 2.45. The lowest BCUT2D eigenvalue weighted by atomic mass is 10.1. The second-order valence-corrected chi connectivity index (χ2v) is 10.0. The van der Waals surface area contributed by atoms with E-state index in [0.717, 1.165) is 27.9 Å². The number of hydrogen-bond donors (Lipinski definition) is 0. The van der Waals surface area contributed by atoms with Gasteiger partial charge in [-0.15, -0.1) is 0 Å². The van der Waals surface area contributed by atoms with Crippen LogP contribution >= 0.6 is 35.6 Å². The molecule has 3 aromatic carbocycles. The van der Waals surface area contributed by atoms with Crippen molar-refractivity contribution in [1.82, 2.24) is 4.90 Å². The largest absolute Gasteiger partial charge is 0.303 e. The molecule has 2 amide bonds. The molecular weight excluding hydrogens is 472 g/mol. The average Bonchev–Trinajstić information content (AvgIpc) is 3.24. The van der Waals surface area contributed by atoms with Gasteiger partial charge in [0.05, 0.1) is 29.3 Å². The quantitative estimate of drug-likeness (QED) is 0.334. The number of fused-ring (bicyclic) bond motifs is 1. The highest BCUT2D eigenvalue weighted by atomic mass is 35.5. The van der Waals surface area contributed by atoms with Crippen molar-refractivity contribution >= 4 is 63.0 Å². The first kappa shape index (κ1) is 21.9. The molecule has 0 spiro atoms. The molecule has 1 fully saturated rings. The smallest absolute Gasteiger partial charge is 0.267 e. The number of carbonyl (C=O) groups is 2. The van der Waals surface area contributed by atoms with Crippen LogP contribution in [0.15, 0.2) is 77.7 Å². The van der Waals surface area contributed by atoms with Gasteiger partial charge >= 0.3 is 0 Å². The van der Waals surface area contributed by atoms with Crippen molar-refractivity contribution in [3.8, 4) is 0 Å². The van der Waals surface area contributed by atoms with Crippen LogP contribution in [-0.4, -0.2) is 21.0 Å². The van der Waals surface area contributed by atoms with Crippen LogP contribution in [0.2, 0.25) is 5.02 Å². The van der Waals surface area contributed by atoms with Crippen LogP contribution in [0.1, 0.15) is 22.3 Å². The molecule has 0 bridgehead atoms. The van der Waals surface area contributed by atoms with Gasteiger partial charge in [0.15, 0.2) is 0 Å². The van der Waals surface area contributed by atoms with E-state index in [9.17, 15) is 9.59 Å². The Hall–Kier alpha value is -2.93. The fraction of sp³-hybridized carbons (Fsp3) is 0.115. The van der Waals surface area contributed by atoms with Crippen LogP contribution < -0.4 is 4.90 Å². The minimum atomic E-state index is -0.264. The van der Waals surface area contributed by atoms with Gasteiger partial charge in [-0.3, -0.25) is 14.5 Å². The van der Waals surface area contributed by atoms with Crippen molar-refractivity contribution in [3.63, 3.8) is 0 Å². The van der Waals surface area contributed by atoms with Crippen LogP contribution in [0.5, 0.6) is 0 Å². The molecule has 2 heterocycles. The normalized spacial score (nSPS) is 17.8. The van der Waals surface area contributed by atoms with Crippen LogP contribution in [0.3, 0.4) is 0 Å². The maximum absolute atomic E-state index is 13.6. The van der Waals surface area contributed by atoms with Crippen LogP contribution in [0.4, 0.5) is 5.69 Å². The summed E-state index contributed by atoms with van der Waals surface area (Å²) in [7, 11) is 0. The van der Waals surface area contributed by atoms with E-state index in [4.69, 9.17) is 23.8 Å². The summed E-state index contributed by atoms with van der Waals surface area (Å²) in [6.45, 7) is 2.73. The van der Waals surface area contributed by atoms with Gasteiger partial charge in [-0.05, 0) is 30.2 Å². The number of thiocarbonyl (C=S) groups is 1. The number of thioether (sulfide) groups is 1. The fourth-order valence-electron chi connectivity index (χ4n) is 4.02. The number of rotatable bonds is 4. The van der Waals surface area contributed by atoms with Crippen LogP contribution in [-0.2, 0) is 22.7 Å². The molecule has 0 saturated carbocycles. The molecule has 4 nitrogen and oxygen atoms in total. The summed E-state index contributed by atoms with van der Waals surface area (Å²) < 4.78 is 0.421. The molecule has 5 rings (SSSR count). The molecule has 1 saturated heterocycles. The number of hydrogen-bond acceptors (Lipinski definition) is 4. The summed E-state index contributed by atoms with van der Waals surface area (Å²) in [6, 6.07) is 23.1. The van der Waals surface area contributed by atoms with E-state index < -0.39 is 0 Å². The average molecular weight is 491 g/mol. The Morgan fingerprint density at radius 3 is 2.30 bits per heavy atom. The Kier molecular flexibility index (Phi) is 5.83. The number of amides is 2. The molecule has 7 heteroatoms. The monoisotopic (exact) mass is 490 g/mol. The Balaban J connectivity index is 1.51. The third-order valence-electron chi connectivity index (χ3n) is 5.75. The first-order chi connectivity index (χ1) is 15.9. The van der Waals surface area contributed by atoms with E-state index in [2.05, 4.69) is 0 Å². The van der Waals surface area contributed by atoms with E-state index in [0.29, 0.717) is 26.4 Å². The zero-order valence-corrected chi connectivity index (χ0v) is 20.1. The Morgan fingerprint density at radius 2 is 1.55 bits per heavy atom. The third kappa shape index (κ3) is 3.99. The van der Waals surface area contributed by atoms with Gasteiger partial charge < -0.3 is 4.90 Å². The number of anilines is 1. The van der Waals surface area contributed by atoms with E-state index in [-0.39, 0.29) is 18.4 Å². The number of aryl methyl sites for hydroxylation is 1. The van der Waals surface area contributed by atoms with E-state index in [1.807, 2.05) is 73.7 Å². The standard InChI is InChI=1S/C26H19ClN2O2S2/c1-16-10-12-17(13-11-16)14-28-21-9-5-3-7-19(21)22(24(28)30)23-25(31)29(26(32)33-23)15-18-6-2-4-8-20(18)27/h2-13H,14-15H2,1H3/b23-22+. The zero-order valence-electron chi connectivity index (χ0n) is 17.7. The highest BCUT2D eigenvalue weighted by molar-refractivity contribution is 8.26. The third-order valence-corrected chi connectivity index (χ3v) is 7.56. The topological polar surface area (TPSA) is 40.6 Å². The van der Waals surface area contributed by atoms with E-state index >= 15 is 0 Å². The number of benzene rings is 3.